The summed E-state index contributed by atoms with van der Waals surface area (Å²) in [6, 6.07) is 9.98. The Morgan fingerprint density at radius 1 is 0.895 bits per heavy atom. The summed E-state index contributed by atoms with van der Waals surface area (Å²) in [7, 11) is 0. The van der Waals surface area contributed by atoms with Crippen molar-refractivity contribution < 1.29 is 4.79 Å². The second kappa shape index (κ2) is 10.7. The van der Waals surface area contributed by atoms with Crippen LogP contribution in [0.1, 0.15) is 12.8 Å². The fourth-order valence-corrected chi connectivity index (χ4v) is 5.79. The Kier molecular flexibility index (Phi) is 6.95. The molecule has 6 rings (SSSR count). The van der Waals surface area contributed by atoms with Gasteiger partial charge in [0.25, 0.3) is 0 Å². The molecule has 196 valence electrons. The summed E-state index contributed by atoms with van der Waals surface area (Å²) in [5, 5.41) is 4.40. The predicted molar refractivity (Wildman–Crippen MR) is 151 cm³/mol. The molecule has 38 heavy (non-hydrogen) atoms. The molecule has 2 aliphatic heterocycles. The molecule has 9 nitrogen and oxygen atoms in total. The molecule has 4 aromatic rings. The number of nitrogens with one attached hydrogen (secondary N) is 1. The molecule has 0 radical (unpaired) electrons. The Bertz CT molecular complexity index is 1420. The van der Waals surface area contributed by atoms with Crippen LogP contribution in [0.2, 0.25) is 10.0 Å². The quantitative estimate of drug-likeness (QED) is 0.379. The number of rotatable bonds is 6. The highest BCUT2D eigenvalue weighted by atomic mass is 35.5. The first-order valence-corrected chi connectivity index (χ1v) is 13.6. The number of fused-ring (bicyclic) bond motifs is 1. The summed E-state index contributed by atoms with van der Waals surface area (Å²) in [4.78, 5) is 33.0. The number of carbonyl (C=O) groups is 1. The van der Waals surface area contributed by atoms with E-state index in [4.69, 9.17) is 33.2 Å². The van der Waals surface area contributed by atoms with E-state index in [1.165, 1.54) is 12.8 Å². The number of anilines is 3. The molecule has 4 aromatic heterocycles. The molecule has 2 fully saturated rings. The summed E-state index contributed by atoms with van der Waals surface area (Å²) in [5.74, 6) is 1.79. The van der Waals surface area contributed by atoms with E-state index in [9.17, 15) is 4.79 Å². The van der Waals surface area contributed by atoms with Gasteiger partial charge >= 0.3 is 0 Å². The zero-order valence-electron chi connectivity index (χ0n) is 20.9. The van der Waals surface area contributed by atoms with Crippen molar-refractivity contribution in [1.82, 2.24) is 24.3 Å². The number of aromatic nitrogens is 4. The molecule has 11 heteroatoms. The van der Waals surface area contributed by atoms with E-state index in [1.54, 1.807) is 12.4 Å². The SMILES string of the molecule is O=C(CNc1c(-c2ccc(N3CCCC3)nc2)nc2ccccn12)N1CCN(c2c(Cl)cncc2Cl)CC1. The van der Waals surface area contributed by atoms with Crippen molar-refractivity contribution >= 4 is 52.1 Å². The normalized spacial score (nSPS) is 15.9. The zero-order chi connectivity index (χ0) is 26.1. The highest BCUT2D eigenvalue weighted by Crippen LogP contribution is 2.33. The third-order valence-corrected chi connectivity index (χ3v) is 7.72. The summed E-state index contributed by atoms with van der Waals surface area (Å²) >= 11 is 12.7. The standard InChI is InChI=1S/C27H28Cl2N8O/c28-20-16-30-17-21(29)26(20)36-13-11-35(12-14-36)24(38)18-32-27-25(33-23-5-1-2-10-37(23)27)19-6-7-22(31-15-19)34-8-3-4-9-34/h1-2,5-7,10,15-17,32H,3-4,8-9,11-14,18H2. The van der Waals surface area contributed by atoms with Crippen LogP contribution in [0, 0.1) is 0 Å². The monoisotopic (exact) mass is 550 g/mol. The molecule has 1 amide bonds. The van der Waals surface area contributed by atoms with Crippen LogP contribution >= 0.6 is 23.2 Å². The number of imidazole rings is 1. The number of hydrogen-bond donors (Lipinski definition) is 1. The summed E-state index contributed by atoms with van der Waals surface area (Å²) in [6.07, 6.45) is 9.42. The van der Waals surface area contributed by atoms with Crippen molar-refractivity contribution in [2.24, 2.45) is 0 Å². The molecule has 0 spiro atoms. The Labute approximate surface area is 231 Å². The molecule has 2 aliphatic rings. The van der Waals surface area contributed by atoms with Crippen molar-refractivity contribution in [3.63, 3.8) is 0 Å². The molecule has 2 saturated heterocycles. The summed E-state index contributed by atoms with van der Waals surface area (Å²) in [6.45, 7) is 4.70. The molecular weight excluding hydrogens is 523 g/mol. The number of pyridine rings is 3. The number of nitrogens with zero attached hydrogens (tertiary/aromatic N) is 7. The van der Waals surface area contributed by atoms with E-state index < -0.39 is 0 Å². The van der Waals surface area contributed by atoms with Crippen LogP contribution in [-0.4, -0.2) is 76.0 Å². The van der Waals surface area contributed by atoms with Crippen LogP contribution in [0.25, 0.3) is 16.9 Å². The van der Waals surface area contributed by atoms with Gasteiger partial charge in [-0.25, -0.2) is 9.97 Å². The highest BCUT2D eigenvalue weighted by Gasteiger charge is 2.25. The maximum absolute atomic E-state index is 13.2. The maximum atomic E-state index is 13.2. The topological polar surface area (TPSA) is 81.9 Å². The zero-order valence-corrected chi connectivity index (χ0v) is 22.4. The van der Waals surface area contributed by atoms with E-state index in [0.717, 1.165) is 47.3 Å². The van der Waals surface area contributed by atoms with Gasteiger partial charge in [-0.1, -0.05) is 29.3 Å². The third kappa shape index (κ3) is 4.83. The van der Waals surface area contributed by atoms with Gasteiger partial charge in [0.15, 0.2) is 0 Å². The molecule has 0 bridgehead atoms. The Balaban J connectivity index is 1.16. The van der Waals surface area contributed by atoms with Crippen molar-refractivity contribution in [2.75, 3.05) is 60.9 Å². The van der Waals surface area contributed by atoms with Crippen LogP contribution in [0.3, 0.4) is 0 Å². The first-order chi connectivity index (χ1) is 18.6. The maximum Gasteiger partial charge on any atom is 0.242 e. The molecule has 0 saturated carbocycles. The van der Waals surface area contributed by atoms with Gasteiger partial charge in [0, 0.05) is 69.6 Å². The lowest BCUT2D eigenvalue weighted by molar-refractivity contribution is -0.129. The lowest BCUT2D eigenvalue weighted by Gasteiger charge is -2.36. The van der Waals surface area contributed by atoms with Gasteiger partial charge in [-0.15, -0.1) is 0 Å². The number of hydrogen-bond acceptors (Lipinski definition) is 7. The number of amides is 1. The fraction of sp³-hybridized carbons (Fsp3) is 0.333. The van der Waals surface area contributed by atoms with Crippen LogP contribution in [-0.2, 0) is 4.79 Å². The molecule has 0 unspecified atom stereocenters. The molecule has 1 N–H and O–H groups in total. The molecular formula is C27H28Cl2N8O. The minimum atomic E-state index is 0.0240. The van der Waals surface area contributed by atoms with Gasteiger partial charge in [-0.05, 0) is 37.1 Å². The molecule has 6 heterocycles. The van der Waals surface area contributed by atoms with Crippen molar-refractivity contribution in [2.45, 2.75) is 12.8 Å². The fourth-order valence-electron chi connectivity index (χ4n) is 5.18. The van der Waals surface area contributed by atoms with E-state index in [-0.39, 0.29) is 12.5 Å². The Hall–Kier alpha value is -3.56. The molecule has 0 aliphatic carbocycles. The van der Waals surface area contributed by atoms with Gasteiger partial charge in [0.1, 0.15) is 23.0 Å². The van der Waals surface area contributed by atoms with E-state index in [1.807, 2.05) is 39.9 Å². The van der Waals surface area contributed by atoms with Crippen molar-refractivity contribution in [3.8, 4) is 11.3 Å². The number of carbonyl (C=O) groups excluding carboxylic acids is 1. The second-order valence-electron chi connectivity index (χ2n) is 9.51. The lowest BCUT2D eigenvalue weighted by atomic mass is 10.2. The van der Waals surface area contributed by atoms with Crippen molar-refractivity contribution in [1.29, 1.82) is 0 Å². The highest BCUT2D eigenvalue weighted by molar-refractivity contribution is 6.38. The smallest absolute Gasteiger partial charge is 0.242 e. The van der Waals surface area contributed by atoms with E-state index in [0.29, 0.717) is 36.2 Å². The average Bonchev–Trinajstić information content (AvgIpc) is 3.61. The third-order valence-electron chi connectivity index (χ3n) is 7.17. The van der Waals surface area contributed by atoms with Crippen LogP contribution in [0.5, 0.6) is 0 Å². The first-order valence-electron chi connectivity index (χ1n) is 12.8. The van der Waals surface area contributed by atoms with Crippen LogP contribution in [0.4, 0.5) is 17.3 Å². The second-order valence-corrected chi connectivity index (χ2v) is 10.3. The van der Waals surface area contributed by atoms with Crippen molar-refractivity contribution in [3.05, 3.63) is 65.2 Å². The van der Waals surface area contributed by atoms with Gasteiger partial charge in [-0.3, -0.25) is 14.2 Å². The van der Waals surface area contributed by atoms with Gasteiger partial charge in [-0.2, -0.15) is 0 Å². The largest absolute Gasteiger partial charge is 0.365 e. The number of piperazine rings is 1. The van der Waals surface area contributed by atoms with Crippen LogP contribution in [0.15, 0.2) is 55.1 Å². The Morgan fingerprint density at radius 3 is 2.37 bits per heavy atom. The van der Waals surface area contributed by atoms with E-state index in [2.05, 4.69) is 32.2 Å². The molecule has 0 aromatic carbocycles. The number of halogens is 2. The van der Waals surface area contributed by atoms with Gasteiger partial charge in [0.2, 0.25) is 5.91 Å². The minimum absolute atomic E-state index is 0.0240. The summed E-state index contributed by atoms with van der Waals surface area (Å²) < 4.78 is 1.97. The van der Waals surface area contributed by atoms with Gasteiger partial charge in [0.05, 0.1) is 22.3 Å². The summed E-state index contributed by atoms with van der Waals surface area (Å²) in [5.41, 5.74) is 3.26. The lowest BCUT2D eigenvalue weighted by Crippen LogP contribution is -2.50. The Morgan fingerprint density at radius 2 is 1.66 bits per heavy atom. The predicted octanol–water partition coefficient (Wildman–Crippen LogP) is 4.46. The molecule has 0 atom stereocenters. The first kappa shape index (κ1) is 24.8. The van der Waals surface area contributed by atoms with Crippen LogP contribution < -0.4 is 15.1 Å². The van der Waals surface area contributed by atoms with Gasteiger partial charge < -0.3 is 20.0 Å². The van der Waals surface area contributed by atoms with E-state index >= 15 is 0 Å². The average molecular weight is 551 g/mol. The minimum Gasteiger partial charge on any atom is -0.365 e.